The van der Waals surface area contributed by atoms with Crippen molar-refractivity contribution in [2.24, 2.45) is 7.05 Å². The van der Waals surface area contributed by atoms with E-state index in [0.717, 1.165) is 19.4 Å². The molecule has 0 aliphatic carbocycles. The number of nitrogens with one attached hydrogen (secondary N) is 1. The minimum atomic E-state index is -0.369. The van der Waals surface area contributed by atoms with E-state index in [2.05, 4.69) is 17.3 Å². The molecule has 1 aromatic heterocycles. The Morgan fingerprint density at radius 2 is 1.89 bits per heavy atom. The van der Waals surface area contributed by atoms with Gasteiger partial charge in [0.15, 0.2) is 0 Å². The van der Waals surface area contributed by atoms with Gasteiger partial charge < -0.3 is 5.32 Å². The summed E-state index contributed by atoms with van der Waals surface area (Å²) < 4.78 is 1.55. The lowest BCUT2D eigenvalue weighted by Crippen LogP contribution is -2.08. The molecule has 0 saturated carbocycles. The van der Waals surface area contributed by atoms with Crippen LogP contribution in [0.3, 0.4) is 0 Å². The Morgan fingerprint density at radius 1 is 1.26 bits per heavy atom. The molecule has 1 heterocycles. The standard InChI is InChI=1S/C13H24N4O2/c1-4-5-6-7-8-9-10-14-13-12(17(18)19)11(2)15-16(13)3/h14H,4-10H2,1-3H3. The summed E-state index contributed by atoms with van der Waals surface area (Å²) >= 11 is 0. The second-order valence-corrected chi connectivity index (χ2v) is 4.86. The van der Waals surface area contributed by atoms with E-state index in [-0.39, 0.29) is 10.6 Å². The van der Waals surface area contributed by atoms with Gasteiger partial charge >= 0.3 is 5.69 Å². The van der Waals surface area contributed by atoms with Crippen LogP contribution in [0.4, 0.5) is 11.5 Å². The van der Waals surface area contributed by atoms with Crippen LogP contribution in [0.5, 0.6) is 0 Å². The zero-order valence-corrected chi connectivity index (χ0v) is 12.1. The Balaban J connectivity index is 2.39. The van der Waals surface area contributed by atoms with Crippen molar-refractivity contribution in [2.45, 2.75) is 52.4 Å². The molecule has 0 bridgehead atoms. The molecule has 0 unspecified atom stereocenters. The van der Waals surface area contributed by atoms with Crippen LogP contribution in [0, 0.1) is 17.0 Å². The first-order valence-corrected chi connectivity index (χ1v) is 6.99. The van der Waals surface area contributed by atoms with Gasteiger partial charge in [-0.2, -0.15) is 5.10 Å². The maximum Gasteiger partial charge on any atom is 0.333 e. The van der Waals surface area contributed by atoms with Crippen LogP contribution in [0.1, 0.15) is 51.1 Å². The molecule has 0 aliphatic heterocycles. The first-order chi connectivity index (χ1) is 9.07. The maximum absolute atomic E-state index is 11.0. The number of nitrogens with zero attached hydrogens (tertiary/aromatic N) is 3. The minimum absolute atomic E-state index is 0.0912. The minimum Gasteiger partial charge on any atom is -0.365 e. The van der Waals surface area contributed by atoms with E-state index in [4.69, 9.17) is 0 Å². The molecule has 0 amide bonds. The number of aryl methyl sites for hydroxylation is 2. The lowest BCUT2D eigenvalue weighted by Gasteiger charge is -2.06. The number of hydrogen-bond donors (Lipinski definition) is 1. The molecule has 1 N–H and O–H groups in total. The molecule has 19 heavy (non-hydrogen) atoms. The van der Waals surface area contributed by atoms with Gasteiger partial charge in [-0.15, -0.1) is 0 Å². The summed E-state index contributed by atoms with van der Waals surface area (Å²) in [7, 11) is 1.73. The zero-order chi connectivity index (χ0) is 14.3. The third-order valence-electron chi connectivity index (χ3n) is 3.20. The average molecular weight is 268 g/mol. The van der Waals surface area contributed by atoms with Crippen molar-refractivity contribution < 1.29 is 4.92 Å². The molecule has 1 rings (SSSR count). The fraction of sp³-hybridized carbons (Fsp3) is 0.769. The fourth-order valence-electron chi connectivity index (χ4n) is 2.18. The van der Waals surface area contributed by atoms with Gasteiger partial charge in [-0.3, -0.25) is 10.1 Å². The Bertz CT molecular complexity index is 415. The van der Waals surface area contributed by atoms with Crippen molar-refractivity contribution in [1.29, 1.82) is 0 Å². The summed E-state index contributed by atoms with van der Waals surface area (Å²) in [6.45, 7) is 4.62. The van der Waals surface area contributed by atoms with Gasteiger partial charge in [0.2, 0.25) is 5.82 Å². The number of aromatic nitrogens is 2. The molecule has 6 heteroatoms. The Hall–Kier alpha value is -1.59. The van der Waals surface area contributed by atoms with Gasteiger partial charge in [0.05, 0.1) is 4.92 Å². The van der Waals surface area contributed by atoms with Gasteiger partial charge in [-0.25, -0.2) is 4.68 Å². The number of unbranched alkanes of at least 4 members (excludes halogenated alkanes) is 5. The van der Waals surface area contributed by atoms with E-state index in [1.165, 1.54) is 25.7 Å². The van der Waals surface area contributed by atoms with E-state index in [9.17, 15) is 10.1 Å². The van der Waals surface area contributed by atoms with Crippen molar-refractivity contribution in [1.82, 2.24) is 9.78 Å². The first kappa shape index (κ1) is 15.5. The smallest absolute Gasteiger partial charge is 0.333 e. The zero-order valence-electron chi connectivity index (χ0n) is 12.1. The summed E-state index contributed by atoms with van der Waals surface area (Å²) in [5.74, 6) is 0.510. The molecule has 6 nitrogen and oxygen atoms in total. The highest BCUT2D eigenvalue weighted by molar-refractivity contribution is 5.59. The lowest BCUT2D eigenvalue weighted by atomic mass is 10.1. The number of anilines is 1. The molecule has 0 fully saturated rings. The predicted octanol–water partition coefficient (Wildman–Crippen LogP) is 3.41. The van der Waals surface area contributed by atoms with Crippen LogP contribution in [-0.4, -0.2) is 21.2 Å². The van der Waals surface area contributed by atoms with Crippen molar-refractivity contribution in [3.63, 3.8) is 0 Å². The SMILES string of the molecule is CCCCCCCCNc1c([N+](=O)[O-])c(C)nn1C. The van der Waals surface area contributed by atoms with Crippen LogP contribution in [-0.2, 0) is 7.05 Å². The normalized spacial score (nSPS) is 10.7. The Kier molecular flexibility index (Phi) is 6.32. The summed E-state index contributed by atoms with van der Waals surface area (Å²) in [6, 6.07) is 0. The fourth-order valence-corrected chi connectivity index (χ4v) is 2.18. The number of rotatable bonds is 9. The van der Waals surface area contributed by atoms with Crippen molar-refractivity contribution in [3.05, 3.63) is 15.8 Å². The van der Waals surface area contributed by atoms with Gasteiger partial charge in [0.1, 0.15) is 5.69 Å². The largest absolute Gasteiger partial charge is 0.365 e. The van der Waals surface area contributed by atoms with E-state index in [1.54, 1.807) is 18.7 Å². The molecule has 0 radical (unpaired) electrons. The second-order valence-electron chi connectivity index (χ2n) is 4.86. The summed E-state index contributed by atoms with van der Waals surface area (Å²) in [5.41, 5.74) is 0.548. The van der Waals surface area contributed by atoms with E-state index >= 15 is 0 Å². The number of nitro groups is 1. The molecular weight excluding hydrogens is 244 g/mol. The van der Waals surface area contributed by atoms with E-state index in [1.807, 2.05) is 0 Å². The van der Waals surface area contributed by atoms with Crippen LogP contribution >= 0.6 is 0 Å². The maximum atomic E-state index is 11.0. The average Bonchev–Trinajstić information content (AvgIpc) is 2.63. The van der Waals surface area contributed by atoms with Crippen molar-refractivity contribution in [3.8, 4) is 0 Å². The molecule has 0 spiro atoms. The topological polar surface area (TPSA) is 73.0 Å². The predicted molar refractivity (Wildman–Crippen MR) is 76.5 cm³/mol. The summed E-state index contributed by atoms with van der Waals surface area (Å²) in [4.78, 5) is 10.6. The third kappa shape index (κ3) is 4.54. The van der Waals surface area contributed by atoms with Gasteiger partial charge in [0, 0.05) is 13.6 Å². The van der Waals surface area contributed by atoms with Gasteiger partial charge in [-0.1, -0.05) is 39.0 Å². The quantitative estimate of drug-likeness (QED) is 0.423. The highest BCUT2D eigenvalue weighted by atomic mass is 16.6. The summed E-state index contributed by atoms with van der Waals surface area (Å²) in [5, 5.41) is 18.2. The Morgan fingerprint density at radius 3 is 2.53 bits per heavy atom. The van der Waals surface area contributed by atoms with Gasteiger partial charge in [-0.05, 0) is 13.3 Å². The molecule has 108 valence electrons. The van der Waals surface area contributed by atoms with Crippen molar-refractivity contribution in [2.75, 3.05) is 11.9 Å². The molecule has 0 aliphatic rings. The monoisotopic (exact) mass is 268 g/mol. The Labute approximate surface area is 114 Å². The highest BCUT2D eigenvalue weighted by Crippen LogP contribution is 2.27. The van der Waals surface area contributed by atoms with Crippen LogP contribution in [0.25, 0.3) is 0 Å². The van der Waals surface area contributed by atoms with Crippen molar-refractivity contribution >= 4 is 11.5 Å². The highest BCUT2D eigenvalue weighted by Gasteiger charge is 2.23. The van der Waals surface area contributed by atoms with Crippen LogP contribution < -0.4 is 5.32 Å². The number of hydrogen-bond acceptors (Lipinski definition) is 4. The third-order valence-corrected chi connectivity index (χ3v) is 3.20. The molecule has 1 aromatic rings. The molecular formula is C13H24N4O2. The first-order valence-electron chi connectivity index (χ1n) is 6.99. The van der Waals surface area contributed by atoms with Crippen LogP contribution in [0.2, 0.25) is 0 Å². The van der Waals surface area contributed by atoms with E-state index in [0.29, 0.717) is 11.5 Å². The molecule has 0 atom stereocenters. The second kappa shape index (κ2) is 7.76. The summed E-state index contributed by atoms with van der Waals surface area (Å²) in [6.07, 6.45) is 7.25. The van der Waals surface area contributed by atoms with Crippen LogP contribution in [0.15, 0.2) is 0 Å². The van der Waals surface area contributed by atoms with E-state index < -0.39 is 0 Å². The lowest BCUT2D eigenvalue weighted by molar-refractivity contribution is -0.384. The molecule has 0 aromatic carbocycles. The molecule has 0 saturated heterocycles. The van der Waals surface area contributed by atoms with Gasteiger partial charge in [0.25, 0.3) is 0 Å².